The van der Waals surface area contributed by atoms with E-state index in [1.54, 1.807) is 7.05 Å². The predicted molar refractivity (Wildman–Crippen MR) is 75.1 cm³/mol. The first-order valence-corrected chi connectivity index (χ1v) is 7.97. The molecule has 2 N–H and O–H groups in total. The second-order valence-corrected chi connectivity index (χ2v) is 6.84. The summed E-state index contributed by atoms with van der Waals surface area (Å²) >= 11 is 0. The zero-order chi connectivity index (χ0) is 14.7. The SMILES string of the molecule is CCCN(C(C)(CC)CN)S(=O)(=O)c1cnn(C)c1. The number of aryl methyl sites for hydroxylation is 1. The van der Waals surface area contributed by atoms with Crippen molar-refractivity contribution in [1.29, 1.82) is 0 Å². The molecule has 0 bridgehead atoms. The normalized spacial score (nSPS) is 15.7. The first-order valence-electron chi connectivity index (χ1n) is 6.53. The van der Waals surface area contributed by atoms with Gasteiger partial charge in [0.05, 0.1) is 6.20 Å². The fourth-order valence-electron chi connectivity index (χ4n) is 1.97. The molecule has 1 aromatic heterocycles. The summed E-state index contributed by atoms with van der Waals surface area (Å²) in [4.78, 5) is 0.219. The molecule has 0 fully saturated rings. The highest BCUT2D eigenvalue weighted by Crippen LogP contribution is 2.26. The Morgan fingerprint density at radius 2 is 2.11 bits per heavy atom. The van der Waals surface area contributed by atoms with Crippen molar-refractivity contribution in [2.45, 2.75) is 44.0 Å². The van der Waals surface area contributed by atoms with Crippen LogP contribution in [0.3, 0.4) is 0 Å². The Hall–Kier alpha value is -0.920. The van der Waals surface area contributed by atoms with E-state index in [0.29, 0.717) is 19.5 Å². The van der Waals surface area contributed by atoms with Crippen LogP contribution in [0.5, 0.6) is 0 Å². The van der Waals surface area contributed by atoms with Crippen molar-refractivity contribution in [3.8, 4) is 0 Å². The zero-order valence-corrected chi connectivity index (χ0v) is 12.9. The lowest BCUT2D eigenvalue weighted by Crippen LogP contribution is -2.54. The minimum absolute atomic E-state index is 0.219. The molecule has 0 saturated carbocycles. The van der Waals surface area contributed by atoms with Crippen molar-refractivity contribution in [3.05, 3.63) is 12.4 Å². The van der Waals surface area contributed by atoms with E-state index in [2.05, 4.69) is 5.10 Å². The summed E-state index contributed by atoms with van der Waals surface area (Å²) in [6.45, 7) is 6.55. The van der Waals surface area contributed by atoms with Gasteiger partial charge in [-0.3, -0.25) is 4.68 Å². The molecule has 1 unspecified atom stereocenters. The average Bonchev–Trinajstić information content (AvgIpc) is 2.82. The first-order chi connectivity index (χ1) is 8.81. The Bertz CT molecular complexity index is 506. The van der Waals surface area contributed by atoms with Crippen LogP contribution in [-0.2, 0) is 17.1 Å². The molecule has 0 amide bonds. The van der Waals surface area contributed by atoms with E-state index in [9.17, 15) is 8.42 Å². The molecule has 1 rings (SSSR count). The molecule has 0 aliphatic heterocycles. The van der Waals surface area contributed by atoms with E-state index in [1.165, 1.54) is 21.4 Å². The van der Waals surface area contributed by atoms with E-state index in [1.807, 2.05) is 20.8 Å². The third kappa shape index (κ3) is 3.16. The molecule has 0 aromatic carbocycles. The third-order valence-electron chi connectivity index (χ3n) is 3.50. The van der Waals surface area contributed by atoms with E-state index in [4.69, 9.17) is 5.73 Å². The number of hydrogen-bond acceptors (Lipinski definition) is 4. The smallest absolute Gasteiger partial charge is 0.246 e. The van der Waals surface area contributed by atoms with E-state index in [0.717, 1.165) is 6.42 Å². The Balaban J connectivity index is 3.25. The van der Waals surface area contributed by atoms with Crippen LogP contribution < -0.4 is 5.73 Å². The van der Waals surface area contributed by atoms with Crippen LogP contribution in [0.1, 0.15) is 33.6 Å². The van der Waals surface area contributed by atoms with Gasteiger partial charge in [0.1, 0.15) is 4.90 Å². The second kappa shape index (κ2) is 6.02. The maximum atomic E-state index is 12.7. The highest BCUT2D eigenvalue weighted by Gasteiger charge is 2.38. The van der Waals surface area contributed by atoms with Gasteiger partial charge in [0.2, 0.25) is 10.0 Å². The minimum Gasteiger partial charge on any atom is -0.329 e. The largest absolute Gasteiger partial charge is 0.329 e. The van der Waals surface area contributed by atoms with Crippen molar-refractivity contribution in [2.75, 3.05) is 13.1 Å². The van der Waals surface area contributed by atoms with Gasteiger partial charge >= 0.3 is 0 Å². The van der Waals surface area contributed by atoms with Gasteiger partial charge in [-0.2, -0.15) is 9.40 Å². The van der Waals surface area contributed by atoms with Gasteiger partial charge < -0.3 is 5.73 Å². The topological polar surface area (TPSA) is 81.2 Å². The molecule has 0 saturated heterocycles. The minimum atomic E-state index is -3.55. The molecular weight excluding hydrogens is 264 g/mol. The van der Waals surface area contributed by atoms with E-state index in [-0.39, 0.29) is 4.90 Å². The van der Waals surface area contributed by atoms with Crippen LogP contribution in [0, 0.1) is 0 Å². The quantitative estimate of drug-likeness (QED) is 0.810. The van der Waals surface area contributed by atoms with Crippen LogP contribution in [-0.4, -0.2) is 41.1 Å². The number of nitrogens with two attached hydrogens (primary N) is 1. The van der Waals surface area contributed by atoms with Gasteiger partial charge in [0, 0.05) is 31.9 Å². The van der Waals surface area contributed by atoms with Crippen molar-refractivity contribution in [2.24, 2.45) is 12.8 Å². The van der Waals surface area contributed by atoms with Gasteiger partial charge in [-0.1, -0.05) is 13.8 Å². The molecule has 0 aliphatic rings. The lowest BCUT2D eigenvalue weighted by Gasteiger charge is -2.38. The molecule has 7 heteroatoms. The number of sulfonamides is 1. The number of hydrogen-bond donors (Lipinski definition) is 1. The molecule has 0 radical (unpaired) electrons. The summed E-state index contributed by atoms with van der Waals surface area (Å²) in [7, 11) is -1.85. The molecule has 0 spiro atoms. The summed E-state index contributed by atoms with van der Waals surface area (Å²) in [5.41, 5.74) is 5.24. The molecule has 19 heavy (non-hydrogen) atoms. The van der Waals surface area contributed by atoms with Gasteiger partial charge in [-0.25, -0.2) is 8.42 Å². The van der Waals surface area contributed by atoms with E-state index < -0.39 is 15.6 Å². The standard InChI is InChI=1S/C12H24N4O2S/c1-5-7-16(12(3,6-2)10-13)19(17,18)11-8-14-15(4)9-11/h8-9H,5-7,10,13H2,1-4H3. The molecule has 1 heterocycles. The van der Waals surface area contributed by atoms with Gasteiger partial charge in [0.25, 0.3) is 0 Å². The molecular formula is C12H24N4O2S. The van der Waals surface area contributed by atoms with Crippen LogP contribution in [0.15, 0.2) is 17.3 Å². The molecule has 1 atom stereocenters. The van der Waals surface area contributed by atoms with Gasteiger partial charge in [-0.15, -0.1) is 0 Å². The molecule has 110 valence electrons. The fourth-order valence-corrected chi connectivity index (χ4v) is 3.89. The number of rotatable bonds is 7. The van der Waals surface area contributed by atoms with Gasteiger partial charge in [0.15, 0.2) is 0 Å². The summed E-state index contributed by atoms with van der Waals surface area (Å²) in [6.07, 6.45) is 4.31. The van der Waals surface area contributed by atoms with Crippen molar-refractivity contribution in [3.63, 3.8) is 0 Å². The second-order valence-electron chi connectivity index (χ2n) is 4.98. The van der Waals surface area contributed by atoms with Gasteiger partial charge in [-0.05, 0) is 19.8 Å². The molecule has 0 aliphatic carbocycles. The fraction of sp³-hybridized carbons (Fsp3) is 0.750. The molecule has 1 aromatic rings. The van der Waals surface area contributed by atoms with Crippen molar-refractivity contribution < 1.29 is 8.42 Å². The van der Waals surface area contributed by atoms with Crippen molar-refractivity contribution >= 4 is 10.0 Å². The third-order valence-corrected chi connectivity index (χ3v) is 5.51. The highest BCUT2D eigenvalue weighted by atomic mass is 32.2. The maximum absolute atomic E-state index is 12.7. The Morgan fingerprint density at radius 1 is 1.47 bits per heavy atom. The van der Waals surface area contributed by atoms with E-state index >= 15 is 0 Å². The van der Waals surface area contributed by atoms with Crippen LogP contribution in [0.4, 0.5) is 0 Å². The first kappa shape index (κ1) is 16.1. The van der Waals surface area contributed by atoms with Crippen molar-refractivity contribution in [1.82, 2.24) is 14.1 Å². The summed E-state index contributed by atoms with van der Waals surface area (Å²) in [6, 6.07) is 0. The zero-order valence-electron chi connectivity index (χ0n) is 12.1. The van der Waals surface area contributed by atoms with Crippen LogP contribution in [0.2, 0.25) is 0 Å². The summed E-state index contributed by atoms with van der Waals surface area (Å²) in [5, 5.41) is 3.94. The van der Waals surface area contributed by atoms with Crippen LogP contribution >= 0.6 is 0 Å². The Labute approximate surface area is 115 Å². The summed E-state index contributed by atoms with van der Waals surface area (Å²) in [5.74, 6) is 0. The lowest BCUT2D eigenvalue weighted by atomic mass is 9.99. The maximum Gasteiger partial charge on any atom is 0.246 e. The lowest BCUT2D eigenvalue weighted by molar-refractivity contribution is 0.206. The number of nitrogens with zero attached hydrogens (tertiary/aromatic N) is 3. The van der Waals surface area contributed by atoms with Crippen LogP contribution in [0.25, 0.3) is 0 Å². The monoisotopic (exact) mass is 288 g/mol. The number of aromatic nitrogens is 2. The Kier molecular flexibility index (Phi) is 5.11. The average molecular weight is 288 g/mol. The molecule has 6 nitrogen and oxygen atoms in total. The Morgan fingerprint density at radius 3 is 2.47 bits per heavy atom. The highest BCUT2D eigenvalue weighted by molar-refractivity contribution is 7.89. The summed E-state index contributed by atoms with van der Waals surface area (Å²) < 4.78 is 28.4. The predicted octanol–water partition coefficient (Wildman–Crippen LogP) is 0.948.